The Morgan fingerprint density at radius 3 is 2.40 bits per heavy atom. The molecule has 3 unspecified atom stereocenters. The Bertz CT molecular complexity index is 927. The van der Waals surface area contributed by atoms with Crippen molar-refractivity contribution in [2.24, 2.45) is 16.8 Å². The number of hydrogen-bond acceptors (Lipinski definition) is 4. The maximum absolute atomic E-state index is 13.1. The molecule has 3 aliphatic heterocycles. The Morgan fingerprint density at radius 2 is 1.73 bits per heavy atom. The second kappa shape index (κ2) is 7.95. The Kier molecular flexibility index (Phi) is 5.49. The van der Waals surface area contributed by atoms with Crippen LogP contribution in [0.4, 0.5) is 4.79 Å². The molecule has 0 aromatic heterocycles. The number of amidine groups is 2. The quantitative estimate of drug-likeness (QED) is 0.715. The molecular weight excluding hydrogens is 378 g/mol. The second-order valence-corrected chi connectivity index (χ2v) is 9.22. The highest BCUT2D eigenvalue weighted by Gasteiger charge is 2.53. The number of piperidine rings is 1. The lowest BCUT2D eigenvalue weighted by atomic mass is 9.92. The first-order chi connectivity index (χ1) is 14.3. The van der Waals surface area contributed by atoms with Crippen LogP contribution in [0.15, 0.2) is 29.3 Å². The number of nitrogens with zero attached hydrogens (tertiary/aromatic N) is 5. The maximum atomic E-state index is 13.1. The third kappa shape index (κ3) is 3.67. The predicted molar refractivity (Wildman–Crippen MR) is 117 cm³/mol. The Hall–Kier alpha value is -2.54. The number of aliphatic imine (C=N–C) groups is 1. The van der Waals surface area contributed by atoms with E-state index in [2.05, 4.69) is 42.4 Å². The van der Waals surface area contributed by atoms with Crippen LogP contribution in [-0.4, -0.2) is 82.7 Å². The molecule has 0 radical (unpaired) electrons. The van der Waals surface area contributed by atoms with E-state index in [0.29, 0.717) is 30.8 Å². The van der Waals surface area contributed by atoms with Crippen LogP contribution in [0.2, 0.25) is 0 Å². The van der Waals surface area contributed by atoms with E-state index in [1.165, 1.54) is 27.3 Å². The zero-order chi connectivity index (χ0) is 21.6. The van der Waals surface area contributed by atoms with Crippen molar-refractivity contribution in [2.75, 3.05) is 33.7 Å². The van der Waals surface area contributed by atoms with Crippen molar-refractivity contribution < 1.29 is 14.2 Å². The first-order valence-electron chi connectivity index (χ1n) is 10.8. The molecule has 7 nitrogen and oxygen atoms in total. The largest absolute Gasteiger partial charge is 0.333 e. The van der Waals surface area contributed by atoms with Crippen LogP contribution in [0, 0.1) is 18.8 Å². The highest BCUT2D eigenvalue weighted by atomic mass is 16.2. The van der Waals surface area contributed by atoms with E-state index in [-0.39, 0.29) is 11.9 Å². The average Bonchev–Trinajstić information content (AvgIpc) is 3.04. The topological polar surface area (TPSA) is 59.2 Å². The fourth-order valence-corrected chi connectivity index (χ4v) is 5.05. The van der Waals surface area contributed by atoms with Crippen LogP contribution < -0.4 is 0 Å². The summed E-state index contributed by atoms with van der Waals surface area (Å²) >= 11 is 0. The summed E-state index contributed by atoms with van der Waals surface area (Å²) in [4.78, 5) is 35.6. The first kappa shape index (κ1) is 20.7. The molecule has 1 aromatic carbocycles. The van der Waals surface area contributed by atoms with Crippen molar-refractivity contribution in [1.29, 1.82) is 0 Å². The molecule has 4 rings (SSSR count). The summed E-state index contributed by atoms with van der Waals surface area (Å²) in [7, 11) is 3.26. The summed E-state index contributed by atoms with van der Waals surface area (Å²) < 4.78 is 2.10. The molecule has 3 aliphatic rings. The van der Waals surface area contributed by atoms with Gasteiger partial charge in [0.1, 0.15) is 13.1 Å². The first-order valence-corrected chi connectivity index (χ1v) is 10.8. The van der Waals surface area contributed by atoms with E-state index in [9.17, 15) is 9.59 Å². The van der Waals surface area contributed by atoms with E-state index < -0.39 is 6.04 Å². The Balaban J connectivity index is 1.71. The summed E-state index contributed by atoms with van der Waals surface area (Å²) in [6.45, 7) is 10.0. The fraction of sp³-hybridized carbons (Fsp3) is 0.565. The van der Waals surface area contributed by atoms with Gasteiger partial charge in [-0.3, -0.25) is 19.5 Å². The van der Waals surface area contributed by atoms with Crippen LogP contribution in [0.3, 0.4) is 0 Å². The molecule has 1 aromatic rings. The van der Waals surface area contributed by atoms with Gasteiger partial charge in [-0.25, -0.2) is 9.37 Å². The minimum absolute atomic E-state index is 0.208. The van der Waals surface area contributed by atoms with E-state index in [4.69, 9.17) is 4.99 Å². The summed E-state index contributed by atoms with van der Waals surface area (Å²) in [6.07, 6.45) is 1.25. The predicted octanol–water partition coefficient (Wildman–Crippen LogP) is 2.19. The van der Waals surface area contributed by atoms with Crippen molar-refractivity contribution in [1.82, 2.24) is 14.7 Å². The van der Waals surface area contributed by atoms with Crippen LogP contribution >= 0.6 is 0 Å². The van der Waals surface area contributed by atoms with Gasteiger partial charge in [-0.15, -0.1) is 0 Å². The van der Waals surface area contributed by atoms with E-state index in [0.717, 1.165) is 18.9 Å². The molecule has 3 heterocycles. The summed E-state index contributed by atoms with van der Waals surface area (Å²) in [6, 6.07) is 7.36. The smallest absolute Gasteiger partial charge is 0.292 e. The number of fused-ring (bicyclic) bond motifs is 1. The van der Waals surface area contributed by atoms with Gasteiger partial charge in [-0.05, 0) is 41.3 Å². The molecule has 0 bridgehead atoms. The van der Waals surface area contributed by atoms with Gasteiger partial charge in [0.2, 0.25) is 0 Å². The summed E-state index contributed by atoms with van der Waals surface area (Å²) in [5.74, 6) is 2.51. The Labute approximate surface area is 178 Å². The van der Waals surface area contributed by atoms with Gasteiger partial charge in [-0.1, -0.05) is 38.1 Å². The SMILES string of the molecule is Cc1ccccc1C[N+]1=C(CN2CC(C)CC(C)C2)N=C2C1C(=O)N(C)C(=O)N2C. The van der Waals surface area contributed by atoms with Crippen molar-refractivity contribution in [3.05, 3.63) is 35.4 Å². The van der Waals surface area contributed by atoms with Gasteiger partial charge < -0.3 is 0 Å². The number of aryl methyl sites for hydroxylation is 1. The molecule has 30 heavy (non-hydrogen) atoms. The van der Waals surface area contributed by atoms with Crippen molar-refractivity contribution in [3.63, 3.8) is 0 Å². The number of benzene rings is 1. The number of rotatable bonds is 4. The van der Waals surface area contributed by atoms with E-state index >= 15 is 0 Å². The van der Waals surface area contributed by atoms with Crippen LogP contribution in [0.25, 0.3) is 0 Å². The lowest BCUT2D eigenvalue weighted by Gasteiger charge is -2.34. The maximum Gasteiger partial charge on any atom is 0.333 e. The van der Waals surface area contributed by atoms with Crippen molar-refractivity contribution in [3.8, 4) is 0 Å². The second-order valence-electron chi connectivity index (χ2n) is 9.22. The van der Waals surface area contributed by atoms with Gasteiger partial charge in [0.05, 0.1) is 0 Å². The lowest BCUT2D eigenvalue weighted by Crippen LogP contribution is -2.61. The molecule has 160 valence electrons. The fourth-order valence-electron chi connectivity index (χ4n) is 5.05. The summed E-state index contributed by atoms with van der Waals surface area (Å²) in [5.41, 5.74) is 2.35. The lowest BCUT2D eigenvalue weighted by molar-refractivity contribution is -0.552. The molecule has 0 aliphatic carbocycles. The van der Waals surface area contributed by atoms with Crippen LogP contribution in [0.1, 0.15) is 31.4 Å². The number of hydrogen-bond donors (Lipinski definition) is 0. The van der Waals surface area contributed by atoms with Gasteiger partial charge in [-0.2, -0.15) is 0 Å². The minimum atomic E-state index is -0.549. The van der Waals surface area contributed by atoms with Gasteiger partial charge in [0.15, 0.2) is 0 Å². The van der Waals surface area contributed by atoms with Crippen LogP contribution in [0.5, 0.6) is 0 Å². The van der Waals surface area contributed by atoms with Crippen molar-refractivity contribution in [2.45, 2.75) is 39.8 Å². The Morgan fingerprint density at radius 1 is 1.07 bits per heavy atom. The molecule has 0 N–H and O–H groups in total. The molecule has 3 atom stereocenters. The van der Waals surface area contributed by atoms with E-state index in [1.807, 2.05) is 12.1 Å². The van der Waals surface area contributed by atoms with Gasteiger partial charge >= 0.3 is 11.9 Å². The molecule has 2 saturated heterocycles. The molecular formula is C23H32N5O2+. The summed E-state index contributed by atoms with van der Waals surface area (Å²) in [5, 5.41) is 0. The zero-order valence-electron chi connectivity index (χ0n) is 18.6. The highest BCUT2D eigenvalue weighted by molar-refractivity contribution is 6.23. The monoisotopic (exact) mass is 410 g/mol. The number of urea groups is 1. The third-order valence-electron chi connectivity index (χ3n) is 6.52. The standard InChI is InChI=1S/C23H32N5O2/c1-15-10-16(2)12-27(11-15)14-19-24-21-20(22(29)26(5)23(30)25(21)4)28(19)13-18-9-7-6-8-17(18)3/h6-9,15-16,20H,10-14H2,1-5H3/q+1. The molecule has 3 amide bonds. The number of carbonyl (C=O) groups is 2. The molecule has 7 heteroatoms. The normalized spacial score (nSPS) is 27.6. The average molecular weight is 411 g/mol. The minimum Gasteiger partial charge on any atom is -0.292 e. The van der Waals surface area contributed by atoms with Crippen molar-refractivity contribution >= 4 is 23.6 Å². The number of amides is 3. The molecule has 0 spiro atoms. The molecule has 0 saturated carbocycles. The van der Waals surface area contributed by atoms with E-state index in [1.54, 1.807) is 14.1 Å². The highest BCUT2D eigenvalue weighted by Crippen LogP contribution is 2.24. The number of likely N-dealkylation sites (tertiary alicyclic amines) is 1. The zero-order valence-corrected chi connectivity index (χ0v) is 18.6. The number of likely N-dealkylation sites (N-methyl/N-ethyl adjacent to an activating group) is 2. The number of imide groups is 1. The van der Waals surface area contributed by atoms with Gasteiger partial charge in [0.25, 0.3) is 17.8 Å². The van der Waals surface area contributed by atoms with Gasteiger partial charge in [0, 0.05) is 27.2 Å². The number of carbonyl (C=O) groups excluding carboxylic acids is 2. The molecule has 2 fully saturated rings. The van der Waals surface area contributed by atoms with Crippen LogP contribution in [-0.2, 0) is 11.3 Å². The third-order valence-corrected chi connectivity index (χ3v) is 6.52.